The summed E-state index contributed by atoms with van der Waals surface area (Å²) in [4.78, 5) is 23.8. The van der Waals surface area contributed by atoms with Crippen LogP contribution in [0, 0.1) is 0 Å². The van der Waals surface area contributed by atoms with Gasteiger partial charge in [0.25, 0.3) is 0 Å². The Morgan fingerprint density at radius 3 is 2.84 bits per heavy atom. The lowest BCUT2D eigenvalue weighted by molar-refractivity contribution is -0.143. The Hall–Kier alpha value is -2.15. The van der Waals surface area contributed by atoms with Gasteiger partial charge in [0.1, 0.15) is 6.54 Å². The van der Waals surface area contributed by atoms with Gasteiger partial charge in [0.05, 0.1) is 12.3 Å². The number of amides is 1. The summed E-state index contributed by atoms with van der Waals surface area (Å²) >= 11 is 0. The minimum absolute atomic E-state index is 0.233. The number of ether oxygens (including phenoxy) is 1. The smallest absolute Gasteiger partial charge is 0.323 e. The standard InChI is InChI=1S/C12H17N3O4/c1-14-10(5-6-13-14)3-4-11(16)15(7-8-19-2)9-12(17)18/h3-6H,7-9H2,1-2H3,(H,17,18). The van der Waals surface area contributed by atoms with Crippen LogP contribution in [-0.2, 0) is 21.4 Å². The molecule has 1 rings (SSSR count). The van der Waals surface area contributed by atoms with Crippen molar-refractivity contribution in [2.75, 3.05) is 26.8 Å². The molecule has 0 saturated heterocycles. The zero-order valence-electron chi connectivity index (χ0n) is 10.9. The van der Waals surface area contributed by atoms with Gasteiger partial charge in [-0.25, -0.2) is 0 Å². The summed E-state index contributed by atoms with van der Waals surface area (Å²) in [7, 11) is 3.25. The molecule has 0 aliphatic heterocycles. The molecule has 1 heterocycles. The summed E-state index contributed by atoms with van der Waals surface area (Å²) < 4.78 is 6.46. The highest BCUT2D eigenvalue weighted by molar-refractivity contribution is 5.93. The van der Waals surface area contributed by atoms with Crippen LogP contribution in [0.5, 0.6) is 0 Å². The van der Waals surface area contributed by atoms with Crippen molar-refractivity contribution in [2.24, 2.45) is 7.05 Å². The lowest BCUT2D eigenvalue weighted by Gasteiger charge is -2.18. The Labute approximate surface area is 111 Å². The number of carboxylic acids is 1. The summed E-state index contributed by atoms with van der Waals surface area (Å²) in [5, 5.41) is 12.7. The zero-order chi connectivity index (χ0) is 14.3. The van der Waals surface area contributed by atoms with Gasteiger partial charge in [0, 0.05) is 33.0 Å². The van der Waals surface area contributed by atoms with Gasteiger partial charge in [-0.15, -0.1) is 0 Å². The Bertz CT molecular complexity index is 467. The van der Waals surface area contributed by atoms with E-state index in [4.69, 9.17) is 9.84 Å². The van der Waals surface area contributed by atoms with Crippen LogP contribution in [0.15, 0.2) is 18.3 Å². The van der Waals surface area contributed by atoms with Gasteiger partial charge >= 0.3 is 5.97 Å². The van der Waals surface area contributed by atoms with Crippen molar-refractivity contribution in [3.8, 4) is 0 Å². The molecule has 0 bridgehead atoms. The predicted molar refractivity (Wildman–Crippen MR) is 68.3 cm³/mol. The van der Waals surface area contributed by atoms with Gasteiger partial charge in [-0.05, 0) is 12.1 Å². The molecule has 0 radical (unpaired) electrons. The van der Waals surface area contributed by atoms with Crippen molar-refractivity contribution in [2.45, 2.75) is 0 Å². The first-order chi connectivity index (χ1) is 9.04. The summed E-state index contributed by atoms with van der Waals surface area (Å²) in [5.74, 6) is -1.43. The molecular weight excluding hydrogens is 250 g/mol. The average molecular weight is 267 g/mol. The van der Waals surface area contributed by atoms with E-state index in [1.54, 1.807) is 30.1 Å². The molecule has 104 valence electrons. The van der Waals surface area contributed by atoms with Crippen molar-refractivity contribution < 1.29 is 19.4 Å². The lowest BCUT2D eigenvalue weighted by atomic mass is 10.3. The second-order valence-electron chi connectivity index (χ2n) is 3.86. The molecule has 0 spiro atoms. The Kier molecular flexibility index (Phi) is 5.74. The van der Waals surface area contributed by atoms with E-state index < -0.39 is 5.97 Å². The number of carboxylic acid groups (broad SMARTS) is 1. The summed E-state index contributed by atoms with van der Waals surface area (Å²) in [6, 6.07) is 1.75. The fraction of sp³-hybridized carbons (Fsp3) is 0.417. The topological polar surface area (TPSA) is 84.7 Å². The molecular formula is C12H17N3O4. The molecule has 0 saturated carbocycles. The van der Waals surface area contributed by atoms with Crippen LogP contribution >= 0.6 is 0 Å². The lowest BCUT2D eigenvalue weighted by Crippen LogP contribution is -2.36. The SMILES string of the molecule is COCCN(CC(=O)O)C(=O)C=Cc1ccnn1C. The third-order valence-corrected chi connectivity index (χ3v) is 2.46. The molecule has 19 heavy (non-hydrogen) atoms. The van der Waals surface area contributed by atoms with Crippen molar-refractivity contribution in [3.05, 3.63) is 24.0 Å². The van der Waals surface area contributed by atoms with E-state index in [1.165, 1.54) is 18.1 Å². The second kappa shape index (κ2) is 7.32. The van der Waals surface area contributed by atoms with E-state index in [0.717, 1.165) is 5.69 Å². The van der Waals surface area contributed by atoms with Gasteiger partial charge in [-0.3, -0.25) is 14.3 Å². The number of methoxy groups -OCH3 is 1. The molecule has 0 aromatic carbocycles. The maximum Gasteiger partial charge on any atom is 0.323 e. The Morgan fingerprint density at radius 1 is 1.58 bits per heavy atom. The highest BCUT2D eigenvalue weighted by atomic mass is 16.5. The van der Waals surface area contributed by atoms with E-state index in [1.807, 2.05) is 0 Å². The maximum absolute atomic E-state index is 11.9. The number of hydrogen-bond donors (Lipinski definition) is 1. The molecule has 1 aromatic heterocycles. The third-order valence-electron chi connectivity index (χ3n) is 2.46. The fourth-order valence-corrected chi connectivity index (χ4v) is 1.44. The predicted octanol–water partition coefficient (Wildman–Crippen LogP) is -0.00710. The first-order valence-corrected chi connectivity index (χ1v) is 5.70. The summed E-state index contributed by atoms with van der Waals surface area (Å²) in [6.07, 6.45) is 4.54. The van der Waals surface area contributed by atoms with Crippen LogP contribution in [0.1, 0.15) is 5.69 Å². The molecule has 7 nitrogen and oxygen atoms in total. The van der Waals surface area contributed by atoms with Crippen molar-refractivity contribution in [1.29, 1.82) is 0 Å². The monoisotopic (exact) mass is 267 g/mol. The maximum atomic E-state index is 11.9. The van der Waals surface area contributed by atoms with Crippen LogP contribution in [0.25, 0.3) is 6.08 Å². The van der Waals surface area contributed by atoms with Crippen molar-refractivity contribution >= 4 is 18.0 Å². The first-order valence-electron chi connectivity index (χ1n) is 5.70. The van der Waals surface area contributed by atoms with E-state index in [9.17, 15) is 9.59 Å². The highest BCUT2D eigenvalue weighted by Crippen LogP contribution is 2.01. The molecule has 0 aliphatic rings. The molecule has 0 unspecified atom stereocenters. The molecule has 1 N–H and O–H groups in total. The van der Waals surface area contributed by atoms with Gasteiger partial charge in [-0.2, -0.15) is 5.10 Å². The minimum Gasteiger partial charge on any atom is -0.480 e. The number of aromatic nitrogens is 2. The molecule has 0 fully saturated rings. The average Bonchev–Trinajstić information content (AvgIpc) is 2.76. The Morgan fingerprint density at radius 2 is 2.32 bits per heavy atom. The number of hydrogen-bond acceptors (Lipinski definition) is 4. The highest BCUT2D eigenvalue weighted by Gasteiger charge is 2.13. The van der Waals surface area contributed by atoms with Gasteiger partial charge in [0.15, 0.2) is 0 Å². The minimum atomic E-state index is -1.06. The Balaban J connectivity index is 2.68. The van der Waals surface area contributed by atoms with Gasteiger partial charge in [0.2, 0.25) is 5.91 Å². The van der Waals surface area contributed by atoms with E-state index in [2.05, 4.69) is 5.10 Å². The summed E-state index contributed by atoms with van der Waals surface area (Å²) in [6.45, 7) is 0.174. The van der Waals surface area contributed by atoms with E-state index in [-0.39, 0.29) is 19.0 Å². The fourth-order valence-electron chi connectivity index (χ4n) is 1.44. The zero-order valence-corrected chi connectivity index (χ0v) is 10.9. The number of aliphatic carboxylic acids is 1. The number of carbonyl (C=O) groups is 2. The molecule has 7 heteroatoms. The number of rotatable bonds is 7. The second-order valence-corrected chi connectivity index (χ2v) is 3.86. The van der Waals surface area contributed by atoms with Crippen LogP contribution in [0.3, 0.4) is 0 Å². The molecule has 0 aliphatic carbocycles. The van der Waals surface area contributed by atoms with Crippen LogP contribution in [0.2, 0.25) is 0 Å². The van der Waals surface area contributed by atoms with Crippen LogP contribution < -0.4 is 0 Å². The number of aryl methyl sites for hydroxylation is 1. The first kappa shape index (κ1) is 14.9. The van der Waals surface area contributed by atoms with Gasteiger partial charge < -0.3 is 14.7 Å². The molecule has 0 atom stereocenters. The van der Waals surface area contributed by atoms with Gasteiger partial charge in [-0.1, -0.05) is 0 Å². The van der Waals surface area contributed by atoms with E-state index in [0.29, 0.717) is 6.61 Å². The van der Waals surface area contributed by atoms with Crippen molar-refractivity contribution in [3.63, 3.8) is 0 Å². The quantitative estimate of drug-likeness (QED) is 0.702. The molecule has 1 amide bonds. The van der Waals surface area contributed by atoms with Crippen molar-refractivity contribution in [1.82, 2.24) is 14.7 Å². The largest absolute Gasteiger partial charge is 0.480 e. The van der Waals surface area contributed by atoms with Crippen LogP contribution in [-0.4, -0.2) is 58.5 Å². The normalized spacial score (nSPS) is 10.8. The van der Waals surface area contributed by atoms with Crippen LogP contribution in [0.4, 0.5) is 0 Å². The number of carbonyl (C=O) groups excluding carboxylic acids is 1. The number of nitrogens with zero attached hydrogens (tertiary/aromatic N) is 3. The molecule has 1 aromatic rings. The summed E-state index contributed by atoms with van der Waals surface area (Å²) in [5.41, 5.74) is 0.760. The van der Waals surface area contributed by atoms with E-state index >= 15 is 0 Å². The third kappa shape index (κ3) is 4.92.